The summed E-state index contributed by atoms with van der Waals surface area (Å²) >= 11 is 1.65. The summed E-state index contributed by atoms with van der Waals surface area (Å²) in [5.74, 6) is 1.71. The number of aryl methyl sites for hydroxylation is 1. The number of aromatic amines is 1. The molecule has 1 unspecified atom stereocenters. The van der Waals surface area contributed by atoms with E-state index in [0.29, 0.717) is 0 Å². The lowest BCUT2D eigenvalue weighted by Gasteiger charge is -2.06. The summed E-state index contributed by atoms with van der Waals surface area (Å²) in [7, 11) is 1.72. The number of nitrogens with one attached hydrogen (secondary N) is 1. The van der Waals surface area contributed by atoms with Crippen LogP contribution in [0.3, 0.4) is 0 Å². The Morgan fingerprint density at radius 2 is 2.44 bits per heavy atom. The molecule has 86 valence electrons. The van der Waals surface area contributed by atoms with Gasteiger partial charge in [0.2, 0.25) is 0 Å². The van der Waals surface area contributed by atoms with Gasteiger partial charge in [-0.2, -0.15) is 5.10 Å². The Balaban J connectivity index is 1.98. The predicted molar refractivity (Wildman–Crippen MR) is 64.5 cm³/mol. The van der Waals surface area contributed by atoms with Crippen LogP contribution in [0.1, 0.15) is 19.2 Å². The Morgan fingerprint density at radius 1 is 1.56 bits per heavy atom. The summed E-state index contributed by atoms with van der Waals surface area (Å²) in [4.78, 5) is 5.55. The summed E-state index contributed by atoms with van der Waals surface area (Å²) in [6.07, 6.45) is 2.08. The van der Waals surface area contributed by atoms with Crippen LogP contribution in [0.15, 0.2) is 17.5 Å². The molecule has 0 amide bonds. The van der Waals surface area contributed by atoms with Crippen LogP contribution in [0.4, 0.5) is 0 Å². The lowest BCUT2D eigenvalue weighted by atomic mass is 10.2. The molecule has 1 N–H and O–H groups in total. The number of ether oxygens (including phenoxy) is 1. The van der Waals surface area contributed by atoms with E-state index in [1.807, 2.05) is 17.5 Å². The third kappa shape index (κ3) is 2.68. The smallest absolute Gasteiger partial charge is 0.191 e. The first-order chi connectivity index (χ1) is 7.79. The summed E-state index contributed by atoms with van der Waals surface area (Å²) in [5.41, 5.74) is 0. The first-order valence-corrected chi connectivity index (χ1v) is 6.15. The highest BCUT2D eigenvalue weighted by atomic mass is 32.1. The third-order valence-corrected chi connectivity index (χ3v) is 3.33. The molecule has 0 radical (unpaired) electrons. The topological polar surface area (TPSA) is 50.8 Å². The van der Waals surface area contributed by atoms with Crippen molar-refractivity contribution in [2.45, 2.75) is 25.9 Å². The maximum Gasteiger partial charge on any atom is 0.191 e. The number of hydrogen-bond acceptors (Lipinski definition) is 4. The fourth-order valence-corrected chi connectivity index (χ4v) is 2.04. The van der Waals surface area contributed by atoms with E-state index in [1.165, 1.54) is 0 Å². The molecule has 0 aliphatic rings. The molecule has 16 heavy (non-hydrogen) atoms. The number of hydrogen-bond donors (Lipinski definition) is 1. The van der Waals surface area contributed by atoms with Crippen LogP contribution in [-0.4, -0.2) is 28.4 Å². The van der Waals surface area contributed by atoms with Gasteiger partial charge >= 0.3 is 0 Å². The van der Waals surface area contributed by atoms with Crippen LogP contribution in [0.5, 0.6) is 0 Å². The number of methoxy groups -OCH3 is 1. The van der Waals surface area contributed by atoms with E-state index >= 15 is 0 Å². The molecule has 0 bridgehead atoms. The molecule has 0 saturated heterocycles. The van der Waals surface area contributed by atoms with Gasteiger partial charge in [0, 0.05) is 13.5 Å². The zero-order valence-corrected chi connectivity index (χ0v) is 10.3. The Hall–Kier alpha value is -1.20. The highest BCUT2D eigenvalue weighted by molar-refractivity contribution is 7.13. The standard InChI is InChI=1S/C11H15N3OS/c1-8(15-2)5-6-10-12-11(14-13-10)9-4-3-7-16-9/h3-4,7-8H,5-6H2,1-2H3,(H,12,13,14). The average Bonchev–Trinajstić information content (AvgIpc) is 2.95. The van der Waals surface area contributed by atoms with E-state index in [-0.39, 0.29) is 6.10 Å². The molecule has 0 spiro atoms. The number of nitrogens with zero attached hydrogens (tertiary/aromatic N) is 2. The molecule has 2 rings (SSSR count). The largest absolute Gasteiger partial charge is 0.382 e. The van der Waals surface area contributed by atoms with Gasteiger partial charge in [-0.1, -0.05) is 6.07 Å². The average molecular weight is 237 g/mol. The minimum Gasteiger partial charge on any atom is -0.382 e. The van der Waals surface area contributed by atoms with E-state index in [1.54, 1.807) is 18.4 Å². The molecule has 2 heterocycles. The fourth-order valence-electron chi connectivity index (χ4n) is 1.38. The van der Waals surface area contributed by atoms with Gasteiger partial charge in [0.15, 0.2) is 5.82 Å². The zero-order chi connectivity index (χ0) is 11.4. The molecule has 2 aromatic heterocycles. The molecule has 2 aromatic rings. The second kappa shape index (κ2) is 5.23. The van der Waals surface area contributed by atoms with Crippen molar-refractivity contribution in [2.75, 3.05) is 7.11 Å². The van der Waals surface area contributed by atoms with Crippen molar-refractivity contribution in [3.05, 3.63) is 23.3 Å². The van der Waals surface area contributed by atoms with Crippen LogP contribution < -0.4 is 0 Å². The second-order valence-electron chi connectivity index (χ2n) is 3.67. The Bertz CT molecular complexity index is 424. The van der Waals surface area contributed by atoms with Crippen molar-refractivity contribution in [2.24, 2.45) is 0 Å². The van der Waals surface area contributed by atoms with Gasteiger partial charge in [0.1, 0.15) is 5.82 Å². The molecule has 0 aliphatic heterocycles. The van der Waals surface area contributed by atoms with Gasteiger partial charge in [0.05, 0.1) is 11.0 Å². The van der Waals surface area contributed by atoms with Crippen LogP contribution in [0.2, 0.25) is 0 Å². The van der Waals surface area contributed by atoms with Crippen LogP contribution in [-0.2, 0) is 11.2 Å². The summed E-state index contributed by atoms with van der Waals surface area (Å²) < 4.78 is 5.19. The van der Waals surface area contributed by atoms with Crippen molar-refractivity contribution in [3.63, 3.8) is 0 Å². The van der Waals surface area contributed by atoms with Gasteiger partial charge in [-0.15, -0.1) is 11.3 Å². The molecule has 0 fully saturated rings. The fraction of sp³-hybridized carbons (Fsp3) is 0.455. The van der Waals surface area contributed by atoms with Crippen molar-refractivity contribution in [3.8, 4) is 10.7 Å². The molecule has 0 aromatic carbocycles. The highest BCUT2D eigenvalue weighted by Crippen LogP contribution is 2.20. The van der Waals surface area contributed by atoms with Crippen molar-refractivity contribution < 1.29 is 4.74 Å². The minimum absolute atomic E-state index is 0.260. The van der Waals surface area contributed by atoms with E-state index in [2.05, 4.69) is 22.1 Å². The first kappa shape index (κ1) is 11.3. The molecule has 1 atom stereocenters. The van der Waals surface area contributed by atoms with Crippen molar-refractivity contribution in [1.29, 1.82) is 0 Å². The minimum atomic E-state index is 0.260. The maximum absolute atomic E-state index is 5.19. The normalized spacial score (nSPS) is 12.9. The molecule has 4 nitrogen and oxygen atoms in total. The molecule has 0 aliphatic carbocycles. The molecular formula is C11H15N3OS. The Morgan fingerprint density at radius 3 is 3.12 bits per heavy atom. The summed E-state index contributed by atoms with van der Waals surface area (Å²) in [5, 5.41) is 9.19. The summed E-state index contributed by atoms with van der Waals surface area (Å²) in [6, 6.07) is 4.03. The third-order valence-electron chi connectivity index (χ3n) is 2.46. The number of rotatable bonds is 5. The van der Waals surface area contributed by atoms with Crippen molar-refractivity contribution >= 4 is 11.3 Å². The first-order valence-electron chi connectivity index (χ1n) is 5.27. The summed E-state index contributed by atoms with van der Waals surface area (Å²) in [6.45, 7) is 2.05. The molecule has 5 heteroatoms. The van der Waals surface area contributed by atoms with Gasteiger partial charge in [-0.25, -0.2) is 4.98 Å². The highest BCUT2D eigenvalue weighted by Gasteiger charge is 2.07. The zero-order valence-electron chi connectivity index (χ0n) is 9.43. The number of thiophene rings is 1. The van der Waals surface area contributed by atoms with E-state index < -0.39 is 0 Å². The lowest BCUT2D eigenvalue weighted by Crippen LogP contribution is -2.06. The SMILES string of the molecule is COC(C)CCc1nc(-c2cccs2)n[nH]1. The Labute approximate surface area is 98.7 Å². The van der Waals surface area contributed by atoms with Gasteiger partial charge < -0.3 is 4.74 Å². The van der Waals surface area contributed by atoms with Crippen LogP contribution in [0, 0.1) is 0 Å². The lowest BCUT2D eigenvalue weighted by molar-refractivity contribution is 0.111. The van der Waals surface area contributed by atoms with E-state index in [0.717, 1.165) is 29.4 Å². The molecule has 0 saturated carbocycles. The quantitative estimate of drug-likeness (QED) is 0.869. The monoisotopic (exact) mass is 237 g/mol. The van der Waals surface area contributed by atoms with Gasteiger partial charge in [0.25, 0.3) is 0 Å². The predicted octanol–water partition coefficient (Wildman–Crippen LogP) is 2.50. The molecular weight excluding hydrogens is 222 g/mol. The van der Waals surface area contributed by atoms with Gasteiger partial charge in [-0.05, 0) is 24.8 Å². The van der Waals surface area contributed by atoms with Crippen LogP contribution in [0.25, 0.3) is 10.7 Å². The van der Waals surface area contributed by atoms with Gasteiger partial charge in [-0.3, -0.25) is 5.10 Å². The second-order valence-corrected chi connectivity index (χ2v) is 4.62. The van der Waals surface area contributed by atoms with E-state index in [4.69, 9.17) is 4.74 Å². The number of aromatic nitrogens is 3. The van der Waals surface area contributed by atoms with Crippen LogP contribution >= 0.6 is 11.3 Å². The van der Waals surface area contributed by atoms with E-state index in [9.17, 15) is 0 Å². The number of H-pyrrole nitrogens is 1. The Kier molecular flexibility index (Phi) is 3.69. The van der Waals surface area contributed by atoms with Crippen molar-refractivity contribution in [1.82, 2.24) is 15.2 Å². The maximum atomic E-state index is 5.19.